The maximum Gasteiger partial charge on any atom is 0.321 e. The molecule has 7 heteroatoms. The van der Waals surface area contributed by atoms with Crippen LogP contribution in [0, 0.1) is 6.92 Å². The summed E-state index contributed by atoms with van der Waals surface area (Å²) in [6, 6.07) is 8.64. The van der Waals surface area contributed by atoms with Gasteiger partial charge in [0, 0.05) is 19.2 Å². The van der Waals surface area contributed by atoms with E-state index in [-0.39, 0.29) is 5.91 Å². The first-order valence-electron chi connectivity index (χ1n) is 7.44. The molecule has 0 aliphatic carbocycles. The average Bonchev–Trinajstić information content (AvgIpc) is 3.14. The number of amides is 3. The Kier molecular flexibility index (Phi) is 4.27. The molecule has 0 saturated carbocycles. The summed E-state index contributed by atoms with van der Waals surface area (Å²) in [5.74, 6) is 0.241. The highest BCUT2D eigenvalue weighted by Gasteiger charge is 2.32. The summed E-state index contributed by atoms with van der Waals surface area (Å²) in [6.45, 7) is 3.21. The zero-order valence-corrected chi connectivity index (χ0v) is 12.8. The molecule has 3 amide bonds. The summed E-state index contributed by atoms with van der Waals surface area (Å²) in [7, 11) is 0. The Hall–Kier alpha value is -2.83. The zero-order valence-electron chi connectivity index (χ0n) is 12.8. The highest BCUT2D eigenvalue weighted by Crippen LogP contribution is 2.16. The monoisotopic (exact) mass is 314 g/mol. The number of aromatic nitrogens is 1. The van der Waals surface area contributed by atoms with Crippen molar-refractivity contribution in [1.82, 2.24) is 15.4 Å². The number of aryl methyl sites for hydroxylation is 1. The quantitative estimate of drug-likeness (QED) is 0.902. The van der Waals surface area contributed by atoms with Gasteiger partial charge in [0.15, 0.2) is 5.82 Å². The Morgan fingerprint density at radius 2 is 2.13 bits per heavy atom. The van der Waals surface area contributed by atoms with E-state index in [9.17, 15) is 9.59 Å². The van der Waals surface area contributed by atoms with Crippen LogP contribution in [0.2, 0.25) is 0 Å². The largest absolute Gasteiger partial charge is 0.363 e. The molecule has 0 radical (unpaired) electrons. The number of rotatable bonds is 4. The van der Waals surface area contributed by atoms with Gasteiger partial charge in [-0.25, -0.2) is 4.79 Å². The molecule has 1 unspecified atom stereocenters. The third-order valence-corrected chi connectivity index (χ3v) is 3.78. The molecule has 0 bridgehead atoms. The number of likely N-dealkylation sites (tertiary alicyclic amines) is 1. The third-order valence-electron chi connectivity index (χ3n) is 3.78. The fourth-order valence-corrected chi connectivity index (χ4v) is 2.53. The van der Waals surface area contributed by atoms with Crippen molar-refractivity contribution in [2.75, 3.05) is 11.9 Å². The van der Waals surface area contributed by atoms with Gasteiger partial charge in [0.1, 0.15) is 12.3 Å². The highest BCUT2D eigenvalue weighted by molar-refractivity contribution is 5.93. The van der Waals surface area contributed by atoms with Gasteiger partial charge in [0.25, 0.3) is 0 Å². The van der Waals surface area contributed by atoms with Crippen molar-refractivity contribution < 1.29 is 14.1 Å². The first-order chi connectivity index (χ1) is 11.1. The number of hydrogen-bond donors (Lipinski definition) is 2. The number of nitrogens with zero attached hydrogens (tertiary/aromatic N) is 2. The lowest BCUT2D eigenvalue weighted by atomic mass is 10.1. The molecular weight excluding hydrogens is 296 g/mol. The number of urea groups is 1. The minimum atomic E-state index is -0.507. The molecule has 2 aromatic rings. The average molecular weight is 314 g/mol. The van der Waals surface area contributed by atoms with Crippen molar-refractivity contribution in [3.8, 4) is 0 Å². The number of benzene rings is 1. The van der Waals surface area contributed by atoms with Crippen LogP contribution in [0.5, 0.6) is 0 Å². The van der Waals surface area contributed by atoms with Crippen LogP contribution in [0.4, 0.5) is 10.6 Å². The lowest BCUT2D eigenvalue weighted by Gasteiger charge is -2.17. The smallest absolute Gasteiger partial charge is 0.321 e. The van der Waals surface area contributed by atoms with E-state index in [1.165, 1.54) is 17.9 Å². The number of carbonyl (C=O) groups excluding carboxylic acids is 2. The van der Waals surface area contributed by atoms with E-state index in [0.29, 0.717) is 25.3 Å². The summed E-state index contributed by atoms with van der Waals surface area (Å²) in [6.07, 6.45) is 1.95. The predicted molar refractivity (Wildman–Crippen MR) is 83.7 cm³/mol. The second-order valence-electron chi connectivity index (χ2n) is 5.57. The molecule has 1 aliphatic rings. The third kappa shape index (κ3) is 3.68. The van der Waals surface area contributed by atoms with Crippen LogP contribution in [0.1, 0.15) is 17.5 Å². The topological polar surface area (TPSA) is 87.5 Å². The van der Waals surface area contributed by atoms with E-state index in [1.54, 1.807) is 4.90 Å². The first-order valence-corrected chi connectivity index (χ1v) is 7.44. The Bertz CT molecular complexity index is 682. The minimum absolute atomic E-state index is 0.0686. The van der Waals surface area contributed by atoms with Crippen molar-refractivity contribution in [3.05, 3.63) is 47.7 Å². The molecule has 120 valence electrons. The Labute approximate surface area is 133 Å². The number of carbonyl (C=O) groups is 2. The molecular formula is C16H18N4O3. The summed E-state index contributed by atoms with van der Waals surface area (Å²) in [5, 5.41) is 8.77. The van der Waals surface area contributed by atoms with Crippen LogP contribution in [0.3, 0.4) is 0 Å². The van der Waals surface area contributed by atoms with E-state index in [4.69, 9.17) is 0 Å². The Morgan fingerprint density at radius 3 is 2.83 bits per heavy atom. The number of hydrogen-bond acceptors (Lipinski definition) is 4. The van der Waals surface area contributed by atoms with Gasteiger partial charge in [-0.2, -0.15) is 0 Å². The lowest BCUT2D eigenvalue weighted by molar-refractivity contribution is -0.129. The van der Waals surface area contributed by atoms with Crippen LogP contribution in [-0.2, 0) is 11.3 Å². The molecule has 3 rings (SSSR count). The lowest BCUT2D eigenvalue weighted by Crippen LogP contribution is -2.43. The van der Waals surface area contributed by atoms with Gasteiger partial charge in [0.2, 0.25) is 5.91 Å². The molecule has 0 spiro atoms. The van der Waals surface area contributed by atoms with Crippen molar-refractivity contribution in [2.24, 2.45) is 0 Å². The van der Waals surface area contributed by atoms with Crippen molar-refractivity contribution in [3.63, 3.8) is 0 Å². The molecule has 2 heterocycles. The molecule has 7 nitrogen and oxygen atoms in total. The van der Waals surface area contributed by atoms with E-state index < -0.39 is 12.1 Å². The van der Waals surface area contributed by atoms with E-state index >= 15 is 0 Å². The van der Waals surface area contributed by atoms with E-state index in [0.717, 1.165) is 5.56 Å². The summed E-state index contributed by atoms with van der Waals surface area (Å²) >= 11 is 0. The maximum atomic E-state index is 12.4. The zero-order chi connectivity index (χ0) is 16.2. The SMILES string of the molecule is Cc1ccc(CN2CCC(NC(=O)Nc3ccon3)C2=O)cc1. The maximum absolute atomic E-state index is 12.4. The van der Waals surface area contributed by atoms with Crippen LogP contribution in [-0.4, -0.2) is 34.6 Å². The van der Waals surface area contributed by atoms with E-state index in [2.05, 4.69) is 20.3 Å². The van der Waals surface area contributed by atoms with Crippen molar-refractivity contribution in [1.29, 1.82) is 0 Å². The highest BCUT2D eigenvalue weighted by atomic mass is 16.5. The number of nitrogens with one attached hydrogen (secondary N) is 2. The predicted octanol–water partition coefficient (Wildman–Crippen LogP) is 1.91. The normalized spacial score (nSPS) is 17.3. The van der Waals surface area contributed by atoms with Crippen LogP contribution < -0.4 is 10.6 Å². The van der Waals surface area contributed by atoms with E-state index in [1.807, 2.05) is 31.2 Å². The van der Waals surface area contributed by atoms with Crippen molar-refractivity contribution >= 4 is 17.8 Å². The second kappa shape index (κ2) is 6.51. The van der Waals surface area contributed by atoms with Crippen LogP contribution >= 0.6 is 0 Å². The fourth-order valence-electron chi connectivity index (χ4n) is 2.53. The summed E-state index contributed by atoms with van der Waals surface area (Å²) < 4.78 is 4.63. The Morgan fingerprint density at radius 1 is 1.35 bits per heavy atom. The van der Waals surface area contributed by atoms with Gasteiger partial charge in [-0.05, 0) is 18.9 Å². The molecule has 1 saturated heterocycles. The van der Waals surface area contributed by atoms with Gasteiger partial charge in [-0.3, -0.25) is 10.1 Å². The molecule has 1 aromatic carbocycles. The summed E-state index contributed by atoms with van der Waals surface area (Å²) in [4.78, 5) is 26.0. The number of anilines is 1. The van der Waals surface area contributed by atoms with Crippen LogP contribution in [0.25, 0.3) is 0 Å². The van der Waals surface area contributed by atoms with Crippen molar-refractivity contribution in [2.45, 2.75) is 25.9 Å². The summed E-state index contributed by atoms with van der Waals surface area (Å²) in [5.41, 5.74) is 2.27. The molecule has 1 atom stereocenters. The van der Waals surface area contributed by atoms with Gasteiger partial charge < -0.3 is 14.7 Å². The minimum Gasteiger partial charge on any atom is -0.363 e. The van der Waals surface area contributed by atoms with Gasteiger partial charge >= 0.3 is 6.03 Å². The fraction of sp³-hybridized carbons (Fsp3) is 0.312. The first kappa shape index (κ1) is 15.1. The molecule has 23 heavy (non-hydrogen) atoms. The van der Waals surface area contributed by atoms with Gasteiger partial charge in [-0.15, -0.1) is 0 Å². The second-order valence-corrected chi connectivity index (χ2v) is 5.57. The standard InChI is InChI=1S/C16H18N4O3/c1-11-2-4-12(5-3-11)10-20-8-6-13(15(20)21)17-16(22)18-14-7-9-23-19-14/h2-5,7,9,13H,6,8,10H2,1H3,(H2,17,18,19,22). The van der Waals surface area contributed by atoms with Gasteiger partial charge in [-0.1, -0.05) is 35.0 Å². The van der Waals surface area contributed by atoms with Gasteiger partial charge in [0.05, 0.1) is 0 Å². The molecule has 1 aliphatic heterocycles. The Balaban J connectivity index is 1.54. The molecule has 1 fully saturated rings. The molecule has 1 aromatic heterocycles. The molecule has 2 N–H and O–H groups in total. The van der Waals surface area contributed by atoms with Crippen LogP contribution in [0.15, 0.2) is 41.1 Å².